The van der Waals surface area contributed by atoms with Crippen LogP contribution >= 0.6 is 0 Å². The number of amides is 1. The molecule has 0 spiro atoms. The number of ether oxygens (including phenoxy) is 2. The van der Waals surface area contributed by atoms with E-state index in [1.807, 2.05) is 13.0 Å². The Bertz CT molecular complexity index is 1420. The average molecular weight is 622 g/mol. The summed E-state index contributed by atoms with van der Waals surface area (Å²) < 4.78 is 11.3. The van der Waals surface area contributed by atoms with Crippen LogP contribution in [-0.4, -0.2) is 52.7 Å². The number of hydrogen-bond acceptors (Lipinski definition) is 8. The normalized spacial score (nSPS) is 32.6. The van der Waals surface area contributed by atoms with Crippen LogP contribution in [-0.2, 0) is 38.2 Å². The number of allylic oxidation sites excluding steroid dienone is 1. The zero-order chi connectivity index (χ0) is 32.6. The number of carboxylic acids is 1. The summed E-state index contributed by atoms with van der Waals surface area (Å²) in [5.74, 6) is -2.62. The van der Waals surface area contributed by atoms with Crippen LogP contribution in [0.2, 0.25) is 0 Å². The van der Waals surface area contributed by atoms with E-state index in [1.165, 1.54) is 12.5 Å². The number of nitrogens with one attached hydrogen (secondary N) is 1. The third-order valence-corrected chi connectivity index (χ3v) is 11.5. The van der Waals surface area contributed by atoms with Gasteiger partial charge in [-0.1, -0.05) is 49.8 Å². The third-order valence-electron chi connectivity index (χ3n) is 11.5. The molecule has 0 aromatic heterocycles. The van der Waals surface area contributed by atoms with Crippen molar-refractivity contribution < 1.29 is 43.3 Å². The van der Waals surface area contributed by atoms with Crippen molar-refractivity contribution in [3.63, 3.8) is 0 Å². The molecule has 10 heteroatoms. The molecule has 0 unspecified atom stereocenters. The molecule has 45 heavy (non-hydrogen) atoms. The van der Waals surface area contributed by atoms with Crippen LogP contribution in [0.4, 0.5) is 0 Å². The second-order valence-corrected chi connectivity index (χ2v) is 13.7. The van der Waals surface area contributed by atoms with Crippen LogP contribution in [0, 0.1) is 28.6 Å². The number of aliphatic carboxylic acids is 1. The summed E-state index contributed by atoms with van der Waals surface area (Å²) in [4.78, 5) is 75.3. The summed E-state index contributed by atoms with van der Waals surface area (Å²) in [5.41, 5.74) is -0.441. The SMILES string of the molecule is CC(=O)O[C@]1(C(=O)COC(=O)CCC(=O)N[C@H](C(=O)O)c2ccccc2)CC[C@@H]2[C@H]3CCC4=CC(=O)CC[C@]4(C)[C@@H]3CC[C@@]21C. The van der Waals surface area contributed by atoms with Crippen molar-refractivity contribution in [1.82, 2.24) is 5.32 Å². The molecule has 10 nitrogen and oxygen atoms in total. The molecule has 5 rings (SSSR count). The highest BCUT2D eigenvalue weighted by Gasteiger charge is 2.68. The van der Waals surface area contributed by atoms with Gasteiger partial charge in [-0.15, -0.1) is 0 Å². The van der Waals surface area contributed by atoms with E-state index in [2.05, 4.69) is 12.2 Å². The molecule has 3 fully saturated rings. The van der Waals surface area contributed by atoms with Crippen LogP contribution in [0.15, 0.2) is 42.0 Å². The van der Waals surface area contributed by atoms with Gasteiger partial charge in [0, 0.05) is 25.2 Å². The average Bonchev–Trinajstić information content (AvgIpc) is 3.30. The number of esters is 2. The Morgan fingerprint density at radius 2 is 1.67 bits per heavy atom. The zero-order valence-corrected chi connectivity index (χ0v) is 26.3. The Morgan fingerprint density at radius 1 is 0.956 bits per heavy atom. The van der Waals surface area contributed by atoms with E-state index in [-0.39, 0.29) is 30.0 Å². The number of Topliss-reactive ketones (excluding diaryl/α,β-unsaturated/α-hetero) is 1. The van der Waals surface area contributed by atoms with Crippen LogP contribution < -0.4 is 5.32 Å². The second-order valence-electron chi connectivity index (χ2n) is 13.7. The van der Waals surface area contributed by atoms with Gasteiger partial charge in [0.1, 0.15) is 0 Å². The molecule has 1 aromatic carbocycles. The van der Waals surface area contributed by atoms with Crippen LogP contribution in [0.5, 0.6) is 0 Å². The first-order valence-electron chi connectivity index (χ1n) is 16.0. The zero-order valence-electron chi connectivity index (χ0n) is 26.3. The molecule has 4 aliphatic carbocycles. The van der Waals surface area contributed by atoms with Gasteiger partial charge in [0.15, 0.2) is 24.0 Å². The number of hydrogen-bond donors (Lipinski definition) is 2. The lowest BCUT2D eigenvalue weighted by atomic mass is 9.46. The summed E-state index contributed by atoms with van der Waals surface area (Å²) in [5, 5.41) is 12.0. The van der Waals surface area contributed by atoms with E-state index in [0.29, 0.717) is 43.1 Å². The number of fused-ring (bicyclic) bond motifs is 5. The van der Waals surface area contributed by atoms with E-state index in [9.17, 15) is 33.9 Å². The maximum absolute atomic E-state index is 13.9. The van der Waals surface area contributed by atoms with Gasteiger partial charge in [-0.05, 0) is 79.8 Å². The Labute approximate surface area is 263 Å². The van der Waals surface area contributed by atoms with E-state index in [4.69, 9.17) is 9.47 Å². The number of ketones is 2. The van der Waals surface area contributed by atoms with Crippen molar-refractivity contribution in [2.45, 2.75) is 96.6 Å². The summed E-state index contributed by atoms with van der Waals surface area (Å²) >= 11 is 0. The predicted octanol–water partition coefficient (Wildman–Crippen LogP) is 4.65. The van der Waals surface area contributed by atoms with Crippen LogP contribution in [0.1, 0.15) is 96.6 Å². The Morgan fingerprint density at radius 3 is 2.36 bits per heavy atom. The minimum Gasteiger partial charge on any atom is -0.479 e. The smallest absolute Gasteiger partial charge is 0.330 e. The van der Waals surface area contributed by atoms with E-state index in [1.54, 1.807) is 30.3 Å². The highest BCUT2D eigenvalue weighted by atomic mass is 16.6. The first kappa shape index (κ1) is 32.6. The molecule has 0 radical (unpaired) electrons. The van der Waals surface area contributed by atoms with Crippen molar-refractivity contribution in [3.05, 3.63) is 47.5 Å². The highest BCUT2D eigenvalue weighted by Crippen LogP contribution is 2.68. The Balaban J connectivity index is 1.23. The maximum atomic E-state index is 13.9. The Hall–Kier alpha value is -3.82. The molecule has 3 saturated carbocycles. The first-order valence-corrected chi connectivity index (χ1v) is 16.0. The van der Waals surface area contributed by atoms with E-state index in [0.717, 1.165) is 25.7 Å². The number of benzene rings is 1. The fourth-order valence-electron chi connectivity index (χ4n) is 9.20. The quantitative estimate of drug-likeness (QED) is 0.355. The number of carbonyl (C=O) groups is 6. The maximum Gasteiger partial charge on any atom is 0.330 e. The molecular weight excluding hydrogens is 578 g/mol. The van der Waals surface area contributed by atoms with Crippen molar-refractivity contribution in [2.75, 3.05) is 6.61 Å². The van der Waals surface area contributed by atoms with Gasteiger partial charge < -0.3 is 19.9 Å². The van der Waals surface area contributed by atoms with E-state index < -0.39 is 53.3 Å². The molecule has 4 aliphatic rings. The largest absolute Gasteiger partial charge is 0.479 e. The molecule has 1 aromatic rings. The number of carboxylic acid groups (broad SMARTS) is 1. The summed E-state index contributed by atoms with van der Waals surface area (Å²) in [6, 6.07) is 6.96. The minimum atomic E-state index is -1.42. The lowest BCUT2D eigenvalue weighted by molar-refractivity contribution is -0.191. The fourth-order valence-corrected chi connectivity index (χ4v) is 9.20. The van der Waals surface area contributed by atoms with Crippen molar-refractivity contribution in [2.24, 2.45) is 28.6 Å². The number of carbonyl (C=O) groups excluding carboxylic acids is 5. The van der Waals surface area contributed by atoms with Crippen molar-refractivity contribution in [1.29, 1.82) is 0 Å². The molecule has 7 atom stereocenters. The van der Waals surface area contributed by atoms with Gasteiger partial charge in [-0.2, -0.15) is 0 Å². The molecular formula is C35H43NO9. The van der Waals surface area contributed by atoms with Crippen LogP contribution in [0.3, 0.4) is 0 Å². The van der Waals surface area contributed by atoms with Crippen molar-refractivity contribution >= 4 is 35.4 Å². The fraction of sp³-hybridized carbons (Fsp3) is 0.600. The highest BCUT2D eigenvalue weighted by molar-refractivity contribution is 5.94. The van der Waals surface area contributed by atoms with Gasteiger partial charge in [-0.25, -0.2) is 4.79 Å². The van der Waals surface area contributed by atoms with Gasteiger partial charge in [0.2, 0.25) is 11.7 Å². The molecule has 242 valence electrons. The third kappa shape index (κ3) is 5.95. The molecule has 0 bridgehead atoms. The van der Waals surface area contributed by atoms with Gasteiger partial charge in [-0.3, -0.25) is 24.0 Å². The molecule has 0 aliphatic heterocycles. The standard InChI is InChI=1S/C35H43NO9/c1-21(37)45-35(28(39)20-44-30(41)12-11-29(40)36-31(32(42)43)22-7-5-4-6-8-22)18-15-27-25-10-9-23-19-24(38)13-16-33(23,2)26(25)14-17-34(27,35)3/h4-8,19,25-27,31H,9-18,20H2,1-3H3,(H,36,40)(H,42,43)/t25-,26+,27+,31-,33-,34-,35-/m0/s1. The molecule has 1 amide bonds. The van der Waals surface area contributed by atoms with Crippen molar-refractivity contribution in [3.8, 4) is 0 Å². The summed E-state index contributed by atoms with van der Waals surface area (Å²) in [6.45, 7) is 5.03. The predicted molar refractivity (Wildman–Crippen MR) is 161 cm³/mol. The van der Waals surface area contributed by atoms with Gasteiger partial charge in [0.05, 0.1) is 6.42 Å². The van der Waals surface area contributed by atoms with Crippen LogP contribution in [0.25, 0.3) is 0 Å². The van der Waals surface area contributed by atoms with Gasteiger partial charge in [0.25, 0.3) is 0 Å². The lowest BCUT2D eigenvalue weighted by Crippen LogP contribution is -2.59. The number of rotatable bonds is 10. The summed E-state index contributed by atoms with van der Waals surface area (Å²) in [6.07, 6.45) is 6.97. The first-order chi connectivity index (χ1) is 21.3. The molecule has 2 N–H and O–H groups in total. The monoisotopic (exact) mass is 621 g/mol. The van der Waals surface area contributed by atoms with E-state index >= 15 is 0 Å². The second kappa shape index (κ2) is 12.5. The summed E-state index contributed by atoms with van der Waals surface area (Å²) in [7, 11) is 0. The van der Waals surface area contributed by atoms with Gasteiger partial charge >= 0.3 is 17.9 Å². The lowest BCUT2D eigenvalue weighted by Gasteiger charge is -2.59. The molecule has 0 heterocycles. The minimum absolute atomic E-state index is 0.0394. The Kier molecular flexibility index (Phi) is 9.06. The topological polar surface area (TPSA) is 153 Å². The molecule has 0 saturated heterocycles.